The molecule has 1 N–H and O–H groups in total. The molecule has 0 aliphatic heterocycles. The Morgan fingerprint density at radius 3 is 2.02 bits per heavy atom. The van der Waals surface area contributed by atoms with Crippen LogP contribution in [0.3, 0.4) is 0 Å². The summed E-state index contributed by atoms with van der Waals surface area (Å²) in [5, 5.41) is 3.51. The molecule has 0 heterocycles. The Kier molecular flexibility index (Phi) is 12.3. The van der Waals surface area contributed by atoms with Crippen LogP contribution in [-0.2, 0) is 32.6 Å². The molecule has 4 aromatic carbocycles. The predicted molar refractivity (Wildman–Crippen MR) is 184 cm³/mol. The van der Waals surface area contributed by atoms with E-state index in [-0.39, 0.29) is 35.4 Å². The van der Waals surface area contributed by atoms with Crippen LogP contribution in [0.4, 0.5) is 5.69 Å². The minimum atomic E-state index is -4.26. The standard InChI is InChI=1S/C36H40ClN3O6S/c1-26(2)23-38-36(42)32(21-27-11-7-5-8-12-27)39(24-28-15-17-29(37)18-16-28)35(41)25-40(47(43,44)31-13-9-6-10-14-31)30-19-20-33(45-3)34(22-30)46-4/h5-20,22,26,32H,21,23-25H2,1-4H3,(H,38,42)/t32-/m0/s1. The lowest BCUT2D eigenvalue weighted by Crippen LogP contribution is -2.53. The minimum Gasteiger partial charge on any atom is -0.493 e. The summed E-state index contributed by atoms with van der Waals surface area (Å²) >= 11 is 6.16. The second kappa shape index (κ2) is 16.3. The average Bonchev–Trinajstić information content (AvgIpc) is 3.08. The van der Waals surface area contributed by atoms with Crippen LogP contribution in [-0.4, -0.2) is 58.5 Å². The van der Waals surface area contributed by atoms with Crippen molar-refractivity contribution >= 4 is 39.1 Å². The monoisotopic (exact) mass is 677 g/mol. The number of carbonyl (C=O) groups excluding carboxylic acids is 2. The van der Waals surface area contributed by atoms with Gasteiger partial charge in [0.1, 0.15) is 12.6 Å². The van der Waals surface area contributed by atoms with E-state index < -0.39 is 28.5 Å². The molecule has 248 valence electrons. The summed E-state index contributed by atoms with van der Waals surface area (Å²) in [4.78, 5) is 29.9. The molecule has 0 saturated carbocycles. The molecule has 1 atom stereocenters. The number of methoxy groups -OCH3 is 2. The van der Waals surface area contributed by atoms with E-state index >= 15 is 0 Å². The van der Waals surface area contributed by atoms with E-state index in [1.807, 2.05) is 44.2 Å². The van der Waals surface area contributed by atoms with Crippen LogP contribution in [0.1, 0.15) is 25.0 Å². The molecule has 9 nitrogen and oxygen atoms in total. The minimum absolute atomic E-state index is 0.00217. The highest BCUT2D eigenvalue weighted by Gasteiger charge is 2.35. The summed E-state index contributed by atoms with van der Waals surface area (Å²) in [5.41, 5.74) is 1.76. The highest BCUT2D eigenvalue weighted by atomic mass is 35.5. The summed E-state index contributed by atoms with van der Waals surface area (Å²) in [6.45, 7) is 3.82. The van der Waals surface area contributed by atoms with E-state index in [1.54, 1.807) is 54.6 Å². The van der Waals surface area contributed by atoms with Gasteiger partial charge < -0.3 is 19.7 Å². The van der Waals surface area contributed by atoms with Crippen molar-refractivity contribution in [2.24, 2.45) is 5.92 Å². The van der Waals surface area contributed by atoms with Gasteiger partial charge in [-0.2, -0.15) is 0 Å². The van der Waals surface area contributed by atoms with Crippen LogP contribution in [0.5, 0.6) is 11.5 Å². The first-order chi connectivity index (χ1) is 22.5. The summed E-state index contributed by atoms with van der Waals surface area (Å²) in [5.74, 6) is -0.0517. The maximum Gasteiger partial charge on any atom is 0.264 e. The number of halogens is 1. The third kappa shape index (κ3) is 9.27. The smallest absolute Gasteiger partial charge is 0.264 e. The first kappa shape index (κ1) is 35.3. The van der Waals surface area contributed by atoms with Crippen molar-refractivity contribution in [1.82, 2.24) is 10.2 Å². The number of ether oxygens (including phenoxy) is 2. The molecule has 4 aromatic rings. The quantitative estimate of drug-likeness (QED) is 0.166. The number of hydrogen-bond donors (Lipinski definition) is 1. The SMILES string of the molecule is COc1ccc(N(CC(=O)N(Cc2ccc(Cl)cc2)[C@@H](Cc2ccccc2)C(=O)NCC(C)C)S(=O)(=O)c2ccccc2)cc1OC. The van der Waals surface area contributed by atoms with E-state index in [9.17, 15) is 18.0 Å². The van der Waals surface area contributed by atoms with Crippen molar-refractivity contribution in [3.8, 4) is 11.5 Å². The number of nitrogens with zero attached hydrogens (tertiary/aromatic N) is 2. The second-order valence-electron chi connectivity index (χ2n) is 11.4. The van der Waals surface area contributed by atoms with Crippen LogP contribution in [0.15, 0.2) is 108 Å². The Labute approximate surface area is 282 Å². The first-order valence-corrected chi connectivity index (χ1v) is 17.0. The van der Waals surface area contributed by atoms with E-state index in [4.69, 9.17) is 21.1 Å². The summed E-state index contributed by atoms with van der Waals surface area (Å²) < 4.78 is 40.3. The van der Waals surface area contributed by atoms with Crippen molar-refractivity contribution in [3.05, 3.63) is 119 Å². The van der Waals surface area contributed by atoms with Gasteiger partial charge >= 0.3 is 0 Å². The van der Waals surface area contributed by atoms with Crippen LogP contribution in [0, 0.1) is 5.92 Å². The fourth-order valence-corrected chi connectivity index (χ4v) is 6.54. The van der Waals surface area contributed by atoms with Gasteiger partial charge in [-0.3, -0.25) is 13.9 Å². The van der Waals surface area contributed by atoms with Crippen LogP contribution >= 0.6 is 11.6 Å². The highest BCUT2D eigenvalue weighted by Crippen LogP contribution is 2.34. The molecule has 0 bridgehead atoms. The largest absolute Gasteiger partial charge is 0.493 e. The van der Waals surface area contributed by atoms with Gasteiger partial charge in [-0.15, -0.1) is 0 Å². The Morgan fingerprint density at radius 2 is 1.43 bits per heavy atom. The molecule has 0 spiro atoms. The normalized spacial score (nSPS) is 11.9. The van der Waals surface area contributed by atoms with E-state index in [1.165, 1.54) is 37.3 Å². The zero-order valence-electron chi connectivity index (χ0n) is 26.9. The summed E-state index contributed by atoms with van der Waals surface area (Å²) in [6.07, 6.45) is 0.214. The Hall–Kier alpha value is -4.54. The Balaban J connectivity index is 1.82. The zero-order chi connectivity index (χ0) is 34.0. The lowest BCUT2D eigenvalue weighted by atomic mass is 10.0. The van der Waals surface area contributed by atoms with E-state index in [2.05, 4.69) is 5.32 Å². The Bertz CT molecular complexity index is 1740. The molecular formula is C36H40ClN3O6S. The molecule has 11 heteroatoms. The van der Waals surface area contributed by atoms with Crippen molar-refractivity contribution in [2.75, 3.05) is 31.6 Å². The molecule has 0 fully saturated rings. The summed E-state index contributed by atoms with van der Waals surface area (Å²) in [7, 11) is -1.34. The first-order valence-electron chi connectivity index (χ1n) is 15.2. The number of benzene rings is 4. The van der Waals surface area contributed by atoms with Gasteiger partial charge in [0, 0.05) is 30.6 Å². The highest BCUT2D eigenvalue weighted by molar-refractivity contribution is 7.92. The fourth-order valence-electron chi connectivity index (χ4n) is 4.99. The lowest BCUT2D eigenvalue weighted by molar-refractivity contribution is -0.140. The van der Waals surface area contributed by atoms with Crippen molar-refractivity contribution < 1.29 is 27.5 Å². The van der Waals surface area contributed by atoms with Gasteiger partial charge in [-0.05, 0) is 53.4 Å². The van der Waals surface area contributed by atoms with Gasteiger partial charge in [0.05, 0.1) is 24.8 Å². The molecule has 0 unspecified atom stereocenters. The van der Waals surface area contributed by atoms with Gasteiger partial charge in [0.25, 0.3) is 10.0 Å². The maximum absolute atomic E-state index is 14.6. The number of anilines is 1. The molecule has 2 amide bonds. The van der Waals surface area contributed by atoms with Crippen LogP contribution < -0.4 is 19.1 Å². The van der Waals surface area contributed by atoms with E-state index in [0.29, 0.717) is 23.1 Å². The second-order valence-corrected chi connectivity index (χ2v) is 13.7. The molecule has 0 saturated heterocycles. The number of amides is 2. The Morgan fingerprint density at radius 1 is 0.809 bits per heavy atom. The van der Waals surface area contributed by atoms with E-state index in [0.717, 1.165) is 15.4 Å². The maximum atomic E-state index is 14.6. The molecular weight excluding hydrogens is 638 g/mol. The van der Waals surface area contributed by atoms with Crippen LogP contribution in [0.25, 0.3) is 0 Å². The van der Waals surface area contributed by atoms with Crippen LogP contribution in [0.2, 0.25) is 5.02 Å². The molecule has 0 aliphatic carbocycles. The topological polar surface area (TPSA) is 105 Å². The third-order valence-electron chi connectivity index (χ3n) is 7.49. The molecule has 47 heavy (non-hydrogen) atoms. The zero-order valence-corrected chi connectivity index (χ0v) is 28.5. The lowest BCUT2D eigenvalue weighted by Gasteiger charge is -2.34. The predicted octanol–water partition coefficient (Wildman–Crippen LogP) is 5.96. The van der Waals surface area contributed by atoms with Crippen molar-refractivity contribution in [1.29, 1.82) is 0 Å². The number of sulfonamides is 1. The van der Waals surface area contributed by atoms with Crippen molar-refractivity contribution in [3.63, 3.8) is 0 Å². The summed E-state index contributed by atoms with van der Waals surface area (Å²) in [6, 6.07) is 27.9. The molecule has 0 aromatic heterocycles. The van der Waals surface area contributed by atoms with Gasteiger partial charge in [-0.25, -0.2) is 8.42 Å². The average molecular weight is 678 g/mol. The van der Waals surface area contributed by atoms with Gasteiger partial charge in [0.2, 0.25) is 11.8 Å². The number of nitrogens with one attached hydrogen (secondary N) is 1. The number of rotatable bonds is 15. The number of hydrogen-bond acceptors (Lipinski definition) is 6. The molecule has 0 aliphatic rings. The van der Waals surface area contributed by atoms with Gasteiger partial charge in [0.15, 0.2) is 11.5 Å². The van der Waals surface area contributed by atoms with Gasteiger partial charge in [-0.1, -0.05) is 86.1 Å². The fraction of sp³-hybridized carbons (Fsp3) is 0.278. The van der Waals surface area contributed by atoms with Crippen molar-refractivity contribution in [2.45, 2.75) is 37.8 Å². The third-order valence-corrected chi connectivity index (χ3v) is 9.53. The molecule has 4 rings (SSSR count). The number of carbonyl (C=O) groups is 2. The molecule has 0 radical (unpaired) electrons.